The molecule has 1 rings (SSSR count). The van der Waals surface area contributed by atoms with Crippen LogP contribution in [0.2, 0.25) is 0 Å². The van der Waals surface area contributed by atoms with Crippen LogP contribution >= 0.6 is 11.6 Å². The van der Waals surface area contributed by atoms with E-state index in [1.54, 1.807) is 19.1 Å². The van der Waals surface area contributed by atoms with Crippen molar-refractivity contribution in [1.82, 2.24) is 0 Å². The van der Waals surface area contributed by atoms with E-state index >= 15 is 0 Å². The number of non-ortho nitro benzene ring substituents is 1. The molecule has 0 saturated heterocycles. The van der Waals surface area contributed by atoms with Crippen LogP contribution in [-0.2, 0) is 0 Å². The third kappa shape index (κ3) is 2.55. The maximum atomic E-state index is 10.5. The number of aryl methyl sites for hydroxylation is 1. The zero-order valence-electron chi connectivity index (χ0n) is 7.90. The smallest absolute Gasteiger partial charge is 0.258 e. The third-order valence-corrected chi connectivity index (χ3v) is 2.19. The standard InChI is InChI=1S/C10H7ClN2O2/c1-7-2-3-8(13(14)15)6-9(7)10(11)4-5-12/h2-4,6H,1H3/b10-4-. The first-order chi connectivity index (χ1) is 7.06. The lowest BCUT2D eigenvalue weighted by Crippen LogP contribution is -1.91. The number of benzene rings is 1. The van der Waals surface area contributed by atoms with Crippen molar-refractivity contribution in [3.63, 3.8) is 0 Å². The SMILES string of the molecule is Cc1ccc([N+](=O)[O-])cc1/C(Cl)=C/C#N. The molecule has 0 aromatic heterocycles. The molecule has 0 spiro atoms. The van der Waals surface area contributed by atoms with Crippen LogP contribution in [0.5, 0.6) is 0 Å². The Morgan fingerprint density at radius 3 is 2.87 bits per heavy atom. The quantitative estimate of drug-likeness (QED) is 0.439. The van der Waals surface area contributed by atoms with Crippen molar-refractivity contribution in [3.05, 3.63) is 45.5 Å². The maximum absolute atomic E-state index is 10.5. The Bertz CT molecular complexity index is 475. The van der Waals surface area contributed by atoms with Crippen LogP contribution in [0.1, 0.15) is 11.1 Å². The molecule has 0 aliphatic carbocycles. The fourth-order valence-electron chi connectivity index (χ4n) is 1.12. The Labute approximate surface area is 91.6 Å². The summed E-state index contributed by atoms with van der Waals surface area (Å²) in [6.45, 7) is 1.77. The fraction of sp³-hybridized carbons (Fsp3) is 0.100. The van der Waals surface area contributed by atoms with Gasteiger partial charge in [0.1, 0.15) is 0 Å². The van der Waals surface area contributed by atoms with Gasteiger partial charge in [-0.1, -0.05) is 17.7 Å². The van der Waals surface area contributed by atoms with Gasteiger partial charge in [0.2, 0.25) is 0 Å². The van der Waals surface area contributed by atoms with Crippen LogP contribution in [0.15, 0.2) is 24.3 Å². The van der Waals surface area contributed by atoms with Crippen molar-refractivity contribution in [3.8, 4) is 6.07 Å². The molecule has 0 aliphatic heterocycles. The number of nitro benzene ring substituents is 1. The highest BCUT2D eigenvalue weighted by molar-refractivity contribution is 6.49. The first-order valence-electron chi connectivity index (χ1n) is 4.07. The van der Waals surface area contributed by atoms with Crippen LogP contribution < -0.4 is 0 Å². The molecule has 0 atom stereocenters. The summed E-state index contributed by atoms with van der Waals surface area (Å²) in [5, 5.41) is 19.2. The van der Waals surface area contributed by atoms with Crippen LogP contribution in [0, 0.1) is 28.4 Å². The highest BCUT2D eigenvalue weighted by atomic mass is 35.5. The second-order valence-corrected chi connectivity index (χ2v) is 3.28. The van der Waals surface area contributed by atoms with Crippen molar-refractivity contribution < 1.29 is 4.92 Å². The van der Waals surface area contributed by atoms with Gasteiger partial charge in [-0.3, -0.25) is 10.1 Å². The van der Waals surface area contributed by atoms with Gasteiger partial charge in [-0.15, -0.1) is 0 Å². The molecule has 0 fully saturated rings. The van der Waals surface area contributed by atoms with Crippen LogP contribution in [0.3, 0.4) is 0 Å². The molecule has 1 aromatic rings. The minimum absolute atomic E-state index is 0.0416. The molecule has 0 bridgehead atoms. The lowest BCUT2D eigenvalue weighted by Gasteiger charge is -2.02. The average Bonchev–Trinajstić information content (AvgIpc) is 2.18. The second kappa shape index (κ2) is 4.58. The van der Waals surface area contributed by atoms with Gasteiger partial charge < -0.3 is 0 Å². The van der Waals surface area contributed by atoms with Crippen molar-refractivity contribution in [2.45, 2.75) is 6.92 Å². The highest BCUT2D eigenvalue weighted by Gasteiger charge is 2.10. The molecule has 76 valence electrons. The van der Waals surface area contributed by atoms with Gasteiger partial charge in [0.05, 0.1) is 16.0 Å². The molecule has 0 unspecified atom stereocenters. The van der Waals surface area contributed by atoms with Crippen LogP contribution in [0.25, 0.3) is 5.03 Å². The molecule has 0 aliphatic rings. The normalized spacial score (nSPS) is 10.9. The number of hydrogen-bond donors (Lipinski definition) is 0. The molecule has 0 heterocycles. The molecule has 0 saturated carbocycles. The molecular weight excluding hydrogens is 216 g/mol. The summed E-state index contributed by atoms with van der Waals surface area (Å²) in [6.07, 6.45) is 1.15. The Hall–Kier alpha value is -1.86. The van der Waals surface area contributed by atoms with Gasteiger partial charge in [-0.05, 0) is 12.5 Å². The number of hydrogen-bond acceptors (Lipinski definition) is 3. The third-order valence-electron chi connectivity index (χ3n) is 1.88. The van der Waals surface area contributed by atoms with Crippen molar-refractivity contribution in [1.29, 1.82) is 5.26 Å². The minimum atomic E-state index is -0.501. The number of nitriles is 1. The Balaban J connectivity index is 3.30. The van der Waals surface area contributed by atoms with Gasteiger partial charge in [0.15, 0.2) is 0 Å². The van der Waals surface area contributed by atoms with Crippen molar-refractivity contribution in [2.75, 3.05) is 0 Å². The monoisotopic (exact) mass is 222 g/mol. The lowest BCUT2D eigenvalue weighted by atomic mass is 10.1. The van der Waals surface area contributed by atoms with E-state index in [0.717, 1.165) is 11.6 Å². The topological polar surface area (TPSA) is 66.9 Å². The molecule has 5 heteroatoms. The average molecular weight is 223 g/mol. The van der Waals surface area contributed by atoms with Crippen LogP contribution in [0.4, 0.5) is 5.69 Å². The lowest BCUT2D eigenvalue weighted by molar-refractivity contribution is -0.384. The van der Waals surface area contributed by atoms with E-state index < -0.39 is 4.92 Å². The summed E-state index contributed by atoms with van der Waals surface area (Å²) in [5.74, 6) is 0. The van der Waals surface area contributed by atoms with Gasteiger partial charge in [-0.25, -0.2) is 0 Å². The largest absolute Gasteiger partial charge is 0.270 e. The molecular formula is C10H7ClN2O2. The summed E-state index contributed by atoms with van der Waals surface area (Å²) in [7, 11) is 0. The summed E-state index contributed by atoms with van der Waals surface area (Å²) < 4.78 is 0. The van der Waals surface area contributed by atoms with Crippen LogP contribution in [-0.4, -0.2) is 4.92 Å². The van der Waals surface area contributed by atoms with E-state index in [1.165, 1.54) is 12.1 Å². The Kier molecular flexibility index (Phi) is 3.42. The number of nitrogens with zero attached hydrogens (tertiary/aromatic N) is 2. The maximum Gasteiger partial charge on any atom is 0.270 e. The van der Waals surface area contributed by atoms with E-state index in [0.29, 0.717) is 5.56 Å². The predicted molar refractivity (Wildman–Crippen MR) is 57.3 cm³/mol. The first kappa shape index (κ1) is 11.2. The number of allylic oxidation sites excluding steroid dienone is 1. The summed E-state index contributed by atoms with van der Waals surface area (Å²) >= 11 is 5.80. The molecule has 1 aromatic carbocycles. The summed E-state index contributed by atoms with van der Waals surface area (Å²) in [6, 6.07) is 6.13. The molecule has 4 nitrogen and oxygen atoms in total. The summed E-state index contributed by atoms with van der Waals surface area (Å²) in [5.41, 5.74) is 1.25. The van der Waals surface area contributed by atoms with Crippen molar-refractivity contribution >= 4 is 22.3 Å². The Morgan fingerprint density at radius 1 is 1.67 bits per heavy atom. The van der Waals surface area contributed by atoms with Gasteiger partial charge in [-0.2, -0.15) is 5.26 Å². The molecule has 0 N–H and O–H groups in total. The van der Waals surface area contributed by atoms with Crippen molar-refractivity contribution in [2.24, 2.45) is 0 Å². The number of rotatable bonds is 2. The van der Waals surface area contributed by atoms with E-state index in [4.69, 9.17) is 16.9 Å². The molecule has 15 heavy (non-hydrogen) atoms. The highest BCUT2D eigenvalue weighted by Crippen LogP contribution is 2.26. The molecule has 0 radical (unpaired) electrons. The van der Waals surface area contributed by atoms with E-state index in [2.05, 4.69) is 0 Å². The van der Waals surface area contributed by atoms with Gasteiger partial charge in [0.25, 0.3) is 5.69 Å². The molecule has 0 amide bonds. The predicted octanol–water partition coefficient (Wildman–Crippen LogP) is 3.01. The summed E-state index contributed by atoms with van der Waals surface area (Å²) in [4.78, 5) is 10.0. The van der Waals surface area contributed by atoms with E-state index in [9.17, 15) is 10.1 Å². The fourth-order valence-corrected chi connectivity index (χ4v) is 1.37. The Morgan fingerprint density at radius 2 is 2.33 bits per heavy atom. The van der Waals surface area contributed by atoms with E-state index in [-0.39, 0.29) is 10.7 Å². The minimum Gasteiger partial charge on any atom is -0.258 e. The zero-order valence-corrected chi connectivity index (χ0v) is 8.65. The van der Waals surface area contributed by atoms with E-state index in [1.807, 2.05) is 0 Å². The number of halogens is 1. The van der Waals surface area contributed by atoms with Gasteiger partial charge >= 0.3 is 0 Å². The zero-order chi connectivity index (χ0) is 11.4. The second-order valence-electron chi connectivity index (χ2n) is 2.88. The number of nitro groups is 1. The van der Waals surface area contributed by atoms with Gasteiger partial charge in [0, 0.05) is 23.8 Å². The first-order valence-corrected chi connectivity index (χ1v) is 4.44.